The second-order valence-electron chi connectivity index (χ2n) is 4.13. The van der Waals surface area contributed by atoms with Crippen molar-refractivity contribution in [1.82, 2.24) is 0 Å². The summed E-state index contributed by atoms with van der Waals surface area (Å²) < 4.78 is 5.47. The molecule has 5 nitrogen and oxygen atoms in total. The molecule has 1 aliphatic heterocycles. The summed E-state index contributed by atoms with van der Waals surface area (Å²) in [5, 5.41) is 1.55. The molecular formula is C14H12N4O. The normalized spacial score (nSPS) is 14.6. The van der Waals surface area contributed by atoms with Crippen molar-refractivity contribution in [2.24, 2.45) is 9.98 Å². The first-order chi connectivity index (χ1) is 9.20. The Labute approximate surface area is 109 Å². The SMILES string of the molecule is Nc1ccc(OC=C2N=c3ccc(N)cc3=N2)cc1. The highest BCUT2D eigenvalue weighted by Gasteiger charge is 2.03. The minimum atomic E-state index is 0.512. The average molecular weight is 252 g/mol. The van der Waals surface area contributed by atoms with Crippen LogP contribution in [0.25, 0.3) is 0 Å². The van der Waals surface area contributed by atoms with E-state index in [0.29, 0.717) is 22.9 Å². The Balaban J connectivity index is 1.85. The third-order valence-corrected chi connectivity index (χ3v) is 2.65. The van der Waals surface area contributed by atoms with Crippen LogP contribution in [0.5, 0.6) is 5.75 Å². The molecule has 0 aliphatic carbocycles. The lowest BCUT2D eigenvalue weighted by molar-refractivity contribution is 0.474. The van der Waals surface area contributed by atoms with Crippen molar-refractivity contribution < 1.29 is 4.74 Å². The van der Waals surface area contributed by atoms with Crippen molar-refractivity contribution >= 4 is 11.4 Å². The first-order valence-corrected chi connectivity index (χ1v) is 5.76. The average Bonchev–Trinajstić information content (AvgIpc) is 2.80. The molecule has 1 aliphatic rings. The highest BCUT2D eigenvalue weighted by atomic mass is 16.5. The maximum atomic E-state index is 5.69. The Bertz CT molecular complexity index is 763. The lowest BCUT2D eigenvalue weighted by Gasteiger charge is -1.99. The molecule has 2 aromatic carbocycles. The number of fused-ring (bicyclic) bond motifs is 1. The number of nitrogens with zero attached hydrogens (tertiary/aromatic N) is 2. The van der Waals surface area contributed by atoms with Crippen molar-refractivity contribution in [3.63, 3.8) is 0 Å². The van der Waals surface area contributed by atoms with Gasteiger partial charge in [0.05, 0.1) is 10.7 Å². The molecule has 2 aromatic rings. The highest BCUT2D eigenvalue weighted by molar-refractivity contribution is 5.42. The monoisotopic (exact) mass is 252 g/mol. The van der Waals surface area contributed by atoms with Gasteiger partial charge in [-0.1, -0.05) is 0 Å². The summed E-state index contributed by atoms with van der Waals surface area (Å²) in [6.07, 6.45) is 1.50. The molecule has 19 heavy (non-hydrogen) atoms. The first kappa shape index (κ1) is 11.3. The van der Waals surface area contributed by atoms with Gasteiger partial charge >= 0.3 is 0 Å². The molecule has 1 heterocycles. The molecular weight excluding hydrogens is 240 g/mol. The van der Waals surface area contributed by atoms with E-state index in [1.54, 1.807) is 36.4 Å². The number of hydrogen-bond donors (Lipinski definition) is 2. The first-order valence-electron chi connectivity index (χ1n) is 5.76. The number of hydrogen-bond acceptors (Lipinski definition) is 5. The van der Waals surface area contributed by atoms with Crippen LogP contribution in [0.2, 0.25) is 0 Å². The topological polar surface area (TPSA) is 86.0 Å². The Morgan fingerprint density at radius 2 is 1.53 bits per heavy atom. The molecule has 0 aromatic heterocycles. The van der Waals surface area contributed by atoms with E-state index in [1.165, 1.54) is 6.26 Å². The Kier molecular flexibility index (Phi) is 2.64. The van der Waals surface area contributed by atoms with Crippen LogP contribution in [-0.2, 0) is 0 Å². The van der Waals surface area contributed by atoms with E-state index < -0.39 is 0 Å². The quantitative estimate of drug-likeness (QED) is 0.617. The van der Waals surface area contributed by atoms with E-state index in [9.17, 15) is 0 Å². The smallest absolute Gasteiger partial charge is 0.189 e. The van der Waals surface area contributed by atoms with Crippen molar-refractivity contribution in [3.8, 4) is 5.75 Å². The van der Waals surface area contributed by atoms with E-state index in [0.717, 1.165) is 10.7 Å². The van der Waals surface area contributed by atoms with Gasteiger partial charge in [-0.15, -0.1) is 0 Å². The van der Waals surface area contributed by atoms with Crippen molar-refractivity contribution in [1.29, 1.82) is 0 Å². The van der Waals surface area contributed by atoms with Gasteiger partial charge in [0.15, 0.2) is 5.82 Å². The van der Waals surface area contributed by atoms with E-state index >= 15 is 0 Å². The predicted octanol–water partition coefficient (Wildman–Crippen LogP) is 0.982. The van der Waals surface area contributed by atoms with Crippen LogP contribution in [0, 0.1) is 0 Å². The van der Waals surface area contributed by atoms with Gasteiger partial charge in [0.1, 0.15) is 12.0 Å². The van der Waals surface area contributed by atoms with Crippen molar-refractivity contribution in [2.75, 3.05) is 11.5 Å². The van der Waals surface area contributed by atoms with Gasteiger partial charge in [-0.25, -0.2) is 9.98 Å². The summed E-state index contributed by atoms with van der Waals surface area (Å²) in [6, 6.07) is 12.5. The van der Waals surface area contributed by atoms with Crippen LogP contribution in [0.1, 0.15) is 0 Å². The lowest BCUT2D eigenvalue weighted by atomic mass is 10.3. The second-order valence-corrected chi connectivity index (χ2v) is 4.13. The molecule has 0 bridgehead atoms. The molecule has 5 heteroatoms. The zero-order valence-electron chi connectivity index (χ0n) is 10.1. The van der Waals surface area contributed by atoms with Crippen LogP contribution in [-0.4, -0.2) is 0 Å². The number of anilines is 2. The molecule has 0 fully saturated rings. The van der Waals surface area contributed by atoms with Gasteiger partial charge in [-0.05, 0) is 42.5 Å². The van der Waals surface area contributed by atoms with Gasteiger partial charge in [0.25, 0.3) is 0 Å². The van der Waals surface area contributed by atoms with Crippen LogP contribution >= 0.6 is 0 Å². The molecule has 0 atom stereocenters. The number of ether oxygens (including phenoxy) is 1. The summed E-state index contributed by atoms with van der Waals surface area (Å²) >= 11 is 0. The Morgan fingerprint density at radius 3 is 2.32 bits per heavy atom. The zero-order chi connectivity index (χ0) is 13.2. The molecule has 0 radical (unpaired) electrons. The minimum absolute atomic E-state index is 0.512. The van der Waals surface area contributed by atoms with Gasteiger partial charge in [-0.3, -0.25) is 0 Å². The summed E-state index contributed by atoms with van der Waals surface area (Å²) in [5.74, 6) is 1.19. The van der Waals surface area contributed by atoms with Gasteiger partial charge in [0, 0.05) is 11.4 Å². The number of rotatable bonds is 2. The molecule has 94 valence electrons. The molecule has 0 unspecified atom stereocenters. The van der Waals surface area contributed by atoms with Crippen molar-refractivity contribution in [3.05, 3.63) is 65.3 Å². The lowest BCUT2D eigenvalue weighted by Crippen LogP contribution is -2.21. The Morgan fingerprint density at radius 1 is 0.842 bits per heavy atom. The standard InChI is InChI=1S/C14H12N4O/c15-9-1-4-11(5-2-9)19-8-14-17-12-6-3-10(16)7-13(12)18-14/h1-8H,15-16H2. The van der Waals surface area contributed by atoms with E-state index in [2.05, 4.69) is 9.98 Å². The predicted molar refractivity (Wildman–Crippen MR) is 72.7 cm³/mol. The van der Waals surface area contributed by atoms with Gasteiger partial charge < -0.3 is 16.2 Å². The summed E-state index contributed by atoms with van der Waals surface area (Å²) in [6.45, 7) is 0. The summed E-state index contributed by atoms with van der Waals surface area (Å²) in [5.41, 5.74) is 12.6. The molecule has 0 saturated carbocycles. The second kappa shape index (κ2) is 4.45. The van der Waals surface area contributed by atoms with E-state index in [4.69, 9.17) is 16.2 Å². The fourth-order valence-corrected chi connectivity index (χ4v) is 1.72. The molecule has 0 saturated heterocycles. The van der Waals surface area contributed by atoms with Crippen molar-refractivity contribution in [2.45, 2.75) is 0 Å². The Hall–Kier alpha value is -2.82. The van der Waals surface area contributed by atoms with Crippen LogP contribution in [0.3, 0.4) is 0 Å². The van der Waals surface area contributed by atoms with E-state index in [1.807, 2.05) is 6.07 Å². The maximum Gasteiger partial charge on any atom is 0.189 e. The van der Waals surface area contributed by atoms with Gasteiger partial charge in [0.2, 0.25) is 0 Å². The highest BCUT2D eigenvalue weighted by Crippen LogP contribution is 2.14. The summed E-state index contributed by atoms with van der Waals surface area (Å²) in [4.78, 5) is 8.62. The summed E-state index contributed by atoms with van der Waals surface area (Å²) in [7, 11) is 0. The third-order valence-electron chi connectivity index (χ3n) is 2.65. The van der Waals surface area contributed by atoms with E-state index in [-0.39, 0.29) is 0 Å². The van der Waals surface area contributed by atoms with Gasteiger partial charge in [-0.2, -0.15) is 0 Å². The maximum absolute atomic E-state index is 5.69. The third kappa shape index (κ3) is 2.40. The number of benzene rings is 2. The minimum Gasteiger partial charge on any atom is -0.461 e. The molecule has 0 spiro atoms. The molecule has 3 rings (SSSR count). The molecule has 0 amide bonds. The largest absolute Gasteiger partial charge is 0.461 e. The van der Waals surface area contributed by atoms with Crippen LogP contribution in [0.4, 0.5) is 11.4 Å². The molecule has 4 N–H and O–H groups in total. The fourth-order valence-electron chi connectivity index (χ4n) is 1.72. The van der Waals surface area contributed by atoms with Crippen LogP contribution < -0.4 is 26.9 Å². The fraction of sp³-hybridized carbons (Fsp3) is 0. The zero-order valence-corrected chi connectivity index (χ0v) is 10.1. The number of nitrogens with two attached hydrogens (primary N) is 2. The van der Waals surface area contributed by atoms with Crippen LogP contribution in [0.15, 0.2) is 64.5 Å². The number of nitrogen functional groups attached to an aromatic ring is 2.